The molecule has 7 heteroatoms. The van der Waals surface area contributed by atoms with Crippen molar-refractivity contribution in [1.29, 1.82) is 0 Å². The minimum absolute atomic E-state index is 0.0939. The molecule has 0 unspecified atom stereocenters. The average Bonchev–Trinajstić information content (AvgIpc) is 3.18. The number of ether oxygens (including phenoxy) is 2. The minimum Gasteiger partial charge on any atom is -0.489 e. The largest absolute Gasteiger partial charge is 0.489 e. The van der Waals surface area contributed by atoms with E-state index in [-0.39, 0.29) is 24.5 Å². The molecule has 0 heterocycles. The van der Waals surface area contributed by atoms with Crippen LogP contribution in [-0.2, 0) is 28.8 Å². The van der Waals surface area contributed by atoms with Gasteiger partial charge in [0.2, 0.25) is 0 Å². The lowest BCUT2D eigenvalue weighted by atomic mass is 9.88. The van der Waals surface area contributed by atoms with E-state index < -0.39 is 6.10 Å². The molecule has 0 fully saturated rings. The Bertz CT molecular complexity index is 954. The molecule has 0 saturated carbocycles. The summed E-state index contributed by atoms with van der Waals surface area (Å²) in [7, 11) is 0. The zero-order valence-corrected chi connectivity index (χ0v) is 21.7. The summed E-state index contributed by atoms with van der Waals surface area (Å²) in [6.45, 7) is 6.97. The number of carbonyl (C=O) groups is 1. The molecule has 0 amide bonds. The first-order valence-electron chi connectivity index (χ1n) is 11.9. The lowest BCUT2D eigenvalue weighted by molar-refractivity contribution is -0.143. The Labute approximate surface area is 212 Å². The molecule has 2 aromatic rings. The van der Waals surface area contributed by atoms with Gasteiger partial charge in [0.1, 0.15) is 18.5 Å². The number of carbonyl (C=O) groups excluding carboxylic acids is 1. The molecule has 2 N–H and O–H groups in total. The van der Waals surface area contributed by atoms with Crippen molar-refractivity contribution in [2.75, 3.05) is 19.8 Å². The predicted octanol–water partition coefficient (Wildman–Crippen LogP) is 5.40. The molecular weight excluding hydrogens is 473 g/mol. The van der Waals surface area contributed by atoms with E-state index >= 15 is 0 Å². The van der Waals surface area contributed by atoms with Crippen molar-refractivity contribution in [2.24, 2.45) is 5.92 Å². The number of hydrogen-bond acceptors (Lipinski definition) is 5. The summed E-state index contributed by atoms with van der Waals surface area (Å²) >= 11 is 12.6. The maximum absolute atomic E-state index is 11.7. The highest BCUT2D eigenvalue weighted by Crippen LogP contribution is 2.33. The summed E-state index contributed by atoms with van der Waals surface area (Å²) in [6.07, 6.45) is 3.20. The van der Waals surface area contributed by atoms with Crippen molar-refractivity contribution in [3.63, 3.8) is 0 Å². The molecule has 0 saturated heterocycles. The molecule has 5 nitrogen and oxygen atoms in total. The number of esters is 1. The second-order valence-corrected chi connectivity index (χ2v) is 10.5. The number of fused-ring (bicyclic) bond motifs is 1. The van der Waals surface area contributed by atoms with Crippen LogP contribution in [-0.4, -0.2) is 42.5 Å². The molecule has 1 aliphatic rings. The number of aliphatic hydroxyl groups is 1. The van der Waals surface area contributed by atoms with Crippen LogP contribution < -0.4 is 10.1 Å². The Morgan fingerprint density at radius 1 is 1.18 bits per heavy atom. The van der Waals surface area contributed by atoms with Gasteiger partial charge in [0.15, 0.2) is 0 Å². The quantitative estimate of drug-likeness (QED) is 0.376. The molecule has 0 bridgehead atoms. The van der Waals surface area contributed by atoms with E-state index in [0.29, 0.717) is 41.3 Å². The number of aliphatic hydroxyl groups excluding tert-OH is 1. The van der Waals surface area contributed by atoms with Gasteiger partial charge in [-0.05, 0) is 81.2 Å². The standard InChI is InChI=1S/C27H35Cl2NO4/c1-4-33-26(32)10-9-21-13-25(24(29)14-23(21)28)34-17-22(31)16-30-27(2,3)15-18-11-19-7-5-6-8-20(19)12-18/h5-8,13-14,18,22,30-31H,4,9-12,15-17H2,1-3H3/t22-/m0/s1. The van der Waals surface area contributed by atoms with Crippen LogP contribution in [0.3, 0.4) is 0 Å². The Morgan fingerprint density at radius 3 is 2.50 bits per heavy atom. The summed E-state index contributed by atoms with van der Waals surface area (Å²) in [5, 5.41) is 14.8. The Kier molecular flexibility index (Phi) is 9.66. The molecule has 3 rings (SSSR count). The topological polar surface area (TPSA) is 67.8 Å². The van der Waals surface area contributed by atoms with Gasteiger partial charge in [-0.15, -0.1) is 0 Å². The van der Waals surface area contributed by atoms with Crippen LogP contribution in [0.2, 0.25) is 10.0 Å². The fourth-order valence-corrected chi connectivity index (χ4v) is 5.10. The van der Waals surface area contributed by atoms with Crippen molar-refractivity contribution in [3.05, 3.63) is 63.1 Å². The van der Waals surface area contributed by atoms with E-state index in [9.17, 15) is 9.90 Å². The van der Waals surface area contributed by atoms with Crippen molar-refractivity contribution >= 4 is 29.2 Å². The molecule has 2 aromatic carbocycles. The fourth-order valence-electron chi connectivity index (χ4n) is 4.57. The molecule has 1 aliphatic carbocycles. The zero-order valence-electron chi connectivity index (χ0n) is 20.2. The van der Waals surface area contributed by atoms with Gasteiger partial charge in [0.25, 0.3) is 0 Å². The van der Waals surface area contributed by atoms with Crippen molar-refractivity contribution in [2.45, 2.75) is 64.5 Å². The van der Waals surface area contributed by atoms with Crippen LogP contribution in [0.15, 0.2) is 36.4 Å². The zero-order chi connectivity index (χ0) is 24.7. The third-order valence-electron chi connectivity index (χ3n) is 6.19. The number of hydrogen-bond donors (Lipinski definition) is 2. The Hall–Kier alpha value is -1.79. The number of β-amino-alcohol motifs (C(OH)–C–C–N with tert-alkyl or cyclic N) is 1. The number of halogens is 2. The summed E-state index contributed by atoms with van der Waals surface area (Å²) in [5.41, 5.74) is 3.56. The first-order valence-corrected chi connectivity index (χ1v) is 12.7. The predicted molar refractivity (Wildman–Crippen MR) is 137 cm³/mol. The molecule has 0 radical (unpaired) electrons. The fraction of sp³-hybridized carbons (Fsp3) is 0.519. The maximum atomic E-state index is 11.7. The van der Waals surface area contributed by atoms with Crippen LogP contribution in [0.4, 0.5) is 0 Å². The normalized spacial score (nSPS) is 14.6. The van der Waals surface area contributed by atoms with Gasteiger partial charge >= 0.3 is 5.97 Å². The lowest BCUT2D eigenvalue weighted by Crippen LogP contribution is -2.46. The minimum atomic E-state index is -0.699. The van der Waals surface area contributed by atoms with Crippen LogP contribution in [0.25, 0.3) is 0 Å². The Morgan fingerprint density at radius 2 is 1.85 bits per heavy atom. The van der Waals surface area contributed by atoms with Gasteiger partial charge < -0.3 is 19.9 Å². The monoisotopic (exact) mass is 507 g/mol. The van der Waals surface area contributed by atoms with Gasteiger partial charge in [0.05, 0.1) is 11.6 Å². The average molecular weight is 508 g/mol. The van der Waals surface area contributed by atoms with Crippen LogP contribution in [0.5, 0.6) is 5.75 Å². The van der Waals surface area contributed by atoms with Gasteiger partial charge in [-0.25, -0.2) is 0 Å². The van der Waals surface area contributed by atoms with E-state index in [1.165, 1.54) is 11.1 Å². The summed E-state index contributed by atoms with van der Waals surface area (Å²) < 4.78 is 10.8. The highest BCUT2D eigenvalue weighted by molar-refractivity contribution is 6.36. The summed E-state index contributed by atoms with van der Waals surface area (Å²) in [5.74, 6) is 0.766. The molecule has 0 spiro atoms. The SMILES string of the molecule is CCOC(=O)CCc1cc(OC[C@@H](O)CNC(C)(C)CC2Cc3ccccc3C2)c(Cl)cc1Cl. The summed E-state index contributed by atoms with van der Waals surface area (Å²) in [4.78, 5) is 11.7. The van der Waals surface area contributed by atoms with Crippen LogP contribution >= 0.6 is 23.2 Å². The number of benzene rings is 2. The molecule has 0 aromatic heterocycles. The van der Waals surface area contributed by atoms with E-state index in [2.05, 4.69) is 43.4 Å². The second kappa shape index (κ2) is 12.3. The Balaban J connectivity index is 1.46. The van der Waals surface area contributed by atoms with E-state index in [4.69, 9.17) is 32.7 Å². The second-order valence-electron chi connectivity index (χ2n) is 9.66. The first-order chi connectivity index (χ1) is 16.2. The molecule has 34 heavy (non-hydrogen) atoms. The highest BCUT2D eigenvalue weighted by atomic mass is 35.5. The van der Waals surface area contributed by atoms with E-state index in [1.807, 2.05) is 0 Å². The van der Waals surface area contributed by atoms with Crippen molar-refractivity contribution in [3.8, 4) is 5.75 Å². The number of rotatable bonds is 12. The van der Waals surface area contributed by atoms with Gasteiger partial charge in [-0.2, -0.15) is 0 Å². The maximum Gasteiger partial charge on any atom is 0.306 e. The van der Waals surface area contributed by atoms with Crippen LogP contribution in [0.1, 0.15) is 50.3 Å². The number of aryl methyl sites for hydroxylation is 1. The van der Waals surface area contributed by atoms with Gasteiger partial charge in [-0.1, -0.05) is 47.5 Å². The first kappa shape index (κ1) is 26.8. The third-order valence-corrected chi connectivity index (χ3v) is 6.83. The van der Waals surface area contributed by atoms with Crippen molar-refractivity contribution < 1.29 is 19.4 Å². The van der Waals surface area contributed by atoms with Gasteiger partial charge in [0, 0.05) is 23.5 Å². The number of nitrogens with one attached hydrogen (secondary N) is 1. The smallest absolute Gasteiger partial charge is 0.306 e. The molecule has 186 valence electrons. The lowest BCUT2D eigenvalue weighted by Gasteiger charge is -2.30. The molecular formula is C27H35Cl2NO4. The van der Waals surface area contributed by atoms with Crippen LogP contribution in [0, 0.1) is 5.92 Å². The molecule has 0 aliphatic heterocycles. The van der Waals surface area contributed by atoms with E-state index in [0.717, 1.165) is 24.8 Å². The molecule has 1 atom stereocenters. The van der Waals surface area contributed by atoms with Crippen molar-refractivity contribution in [1.82, 2.24) is 5.32 Å². The van der Waals surface area contributed by atoms with E-state index in [1.54, 1.807) is 19.1 Å². The summed E-state index contributed by atoms with van der Waals surface area (Å²) in [6, 6.07) is 12.0. The van der Waals surface area contributed by atoms with Gasteiger partial charge in [-0.3, -0.25) is 4.79 Å². The highest BCUT2D eigenvalue weighted by Gasteiger charge is 2.28. The third kappa shape index (κ3) is 7.88.